The lowest BCUT2D eigenvalue weighted by Gasteiger charge is -2.09. The van der Waals surface area contributed by atoms with Crippen LogP contribution in [-0.4, -0.2) is 28.7 Å². The predicted octanol–water partition coefficient (Wildman–Crippen LogP) is 3.35. The van der Waals surface area contributed by atoms with Crippen molar-refractivity contribution in [2.75, 3.05) is 0 Å². The topological polar surface area (TPSA) is 131 Å². The molecule has 9 nitrogen and oxygen atoms in total. The van der Waals surface area contributed by atoms with Gasteiger partial charge in [-0.05, 0) is 35.9 Å². The van der Waals surface area contributed by atoms with Crippen LogP contribution in [0.3, 0.4) is 0 Å². The second kappa shape index (κ2) is 10.9. The Kier molecular flexibility index (Phi) is 7.53. The van der Waals surface area contributed by atoms with Crippen molar-refractivity contribution in [3.05, 3.63) is 117 Å². The lowest BCUT2D eigenvalue weighted by atomic mass is 10.1. The standard InChI is InChI=1S/C24H18N4O5/c29-22(18-7-3-1-4-8-18)16-25-27-24(31)21(26-23(30)19-9-5-2-6-10-19)15-17-11-13-20(14-12-17)28(32)33/h1-16H,(H,26,30)(H,27,31). The average molecular weight is 442 g/mol. The first-order valence-electron chi connectivity index (χ1n) is 9.69. The van der Waals surface area contributed by atoms with Crippen LogP contribution < -0.4 is 10.7 Å². The molecule has 2 N–H and O–H groups in total. The molecule has 0 atom stereocenters. The highest BCUT2D eigenvalue weighted by Crippen LogP contribution is 2.14. The lowest BCUT2D eigenvalue weighted by Crippen LogP contribution is -2.33. The number of nitro benzene ring substituents is 1. The van der Waals surface area contributed by atoms with Crippen molar-refractivity contribution in [2.45, 2.75) is 0 Å². The average Bonchev–Trinajstić information content (AvgIpc) is 2.84. The van der Waals surface area contributed by atoms with E-state index in [1.165, 1.54) is 30.3 Å². The molecule has 0 fully saturated rings. The van der Waals surface area contributed by atoms with Gasteiger partial charge < -0.3 is 5.32 Å². The number of carbonyl (C=O) groups is 3. The highest BCUT2D eigenvalue weighted by Gasteiger charge is 2.15. The van der Waals surface area contributed by atoms with E-state index in [2.05, 4.69) is 15.8 Å². The van der Waals surface area contributed by atoms with E-state index < -0.39 is 22.5 Å². The number of ketones is 1. The van der Waals surface area contributed by atoms with Crippen LogP contribution in [0.1, 0.15) is 26.3 Å². The third kappa shape index (κ3) is 6.53. The molecule has 0 aliphatic heterocycles. The largest absolute Gasteiger partial charge is 0.317 e. The van der Waals surface area contributed by atoms with Crippen LogP contribution in [-0.2, 0) is 4.79 Å². The lowest BCUT2D eigenvalue weighted by molar-refractivity contribution is -0.384. The smallest absolute Gasteiger partial charge is 0.287 e. The minimum absolute atomic E-state index is 0.115. The normalized spacial score (nSPS) is 11.1. The van der Waals surface area contributed by atoms with E-state index in [9.17, 15) is 24.5 Å². The Morgan fingerprint density at radius 1 is 0.818 bits per heavy atom. The Hall–Kier alpha value is -4.92. The van der Waals surface area contributed by atoms with Crippen LogP contribution >= 0.6 is 0 Å². The fourth-order valence-corrected chi connectivity index (χ4v) is 2.69. The highest BCUT2D eigenvalue weighted by molar-refractivity contribution is 6.35. The van der Waals surface area contributed by atoms with E-state index in [1.54, 1.807) is 60.7 Å². The number of nitrogens with zero attached hydrogens (tertiary/aromatic N) is 2. The predicted molar refractivity (Wildman–Crippen MR) is 122 cm³/mol. The molecule has 0 saturated heterocycles. The summed E-state index contributed by atoms with van der Waals surface area (Å²) < 4.78 is 0. The summed E-state index contributed by atoms with van der Waals surface area (Å²) in [4.78, 5) is 47.6. The molecule has 0 spiro atoms. The first kappa shape index (κ1) is 22.8. The Bertz CT molecular complexity index is 1220. The van der Waals surface area contributed by atoms with Crippen molar-refractivity contribution < 1.29 is 19.3 Å². The van der Waals surface area contributed by atoms with Crippen molar-refractivity contribution in [3.63, 3.8) is 0 Å². The summed E-state index contributed by atoms with van der Waals surface area (Å²) in [5.74, 6) is -1.73. The molecule has 0 heterocycles. The maximum Gasteiger partial charge on any atom is 0.287 e. The van der Waals surface area contributed by atoms with Crippen LogP contribution in [0, 0.1) is 10.1 Å². The van der Waals surface area contributed by atoms with Gasteiger partial charge in [-0.15, -0.1) is 0 Å². The summed E-state index contributed by atoms with van der Waals surface area (Å²) in [6.45, 7) is 0. The number of amides is 2. The molecule has 0 aromatic heterocycles. The number of nitro groups is 1. The molecule has 0 radical (unpaired) electrons. The molecule has 2 amide bonds. The molecular weight excluding hydrogens is 424 g/mol. The van der Waals surface area contributed by atoms with Crippen LogP contribution in [0.25, 0.3) is 6.08 Å². The van der Waals surface area contributed by atoms with Gasteiger partial charge in [0.05, 0.1) is 11.1 Å². The van der Waals surface area contributed by atoms with Gasteiger partial charge in [0, 0.05) is 23.3 Å². The molecule has 0 unspecified atom stereocenters. The maximum absolute atomic E-state index is 12.7. The molecule has 0 bridgehead atoms. The highest BCUT2D eigenvalue weighted by atomic mass is 16.6. The number of benzene rings is 3. The van der Waals surface area contributed by atoms with Crippen LogP contribution in [0.2, 0.25) is 0 Å². The third-order valence-corrected chi connectivity index (χ3v) is 4.35. The van der Waals surface area contributed by atoms with Crippen molar-refractivity contribution in [1.82, 2.24) is 10.7 Å². The quantitative estimate of drug-likeness (QED) is 0.182. The number of nitrogens with one attached hydrogen (secondary N) is 2. The number of hydrazone groups is 1. The monoisotopic (exact) mass is 442 g/mol. The van der Waals surface area contributed by atoms with Crippen LogP contribution in [0.15, 0.2) is 95.7 Å². The first-order chi connectivity index (χ1) is 15.9. The van der Waals surface area contributed by atoms with E-state index in [4.69, 9.17) is 0 Å². The van der Waals surface area contributed by atoms with Gasteiger partial charge in [-0.3, -0.25) is 24.5 Å². The minimum Gasteiger partial charge on any atom is -0.317 e. The molecule has 0 saturated carbocycles. The number of hydrogen-bond acceptors (Lipinski definition) is 6. The van der Waals surface area contributed by atoms with Gasteiger partial charge in [-0.1, -0.05) is 48.5 Å². The zero-order valence-corrected chi connectivity index (χ0v) is 17.2. The van der Waals surface area contributed by atoms with E-state index in [0.717, 1.165) is 6.21 Å². The SMILES string of the molecule is O=C(NN=CC(=O)c1ccccc1)C(=Cc1ccc([N+](=O)[O-])cc1)NC(=O)c1ccccc1. The number of carbonyl (C=O) groups excluding carboxylic acids is 3. The van der Waals surface area contributed by atoms with Gasteiger partial charge in [0.25, 0.3) is 17.5 Å². The van der Waals surface area contributed by atoms with Gasteiger partial charge in [-0.25, -0.2) is 5.43 Å². The van der Waals surface area contributed by atoms with Crippen molar-refractivity contribution in [1.29, 1.82) is 0 Å². The third-order valence-electron chi connectivity index (χ3n) is 4.35. The van der Waals surface area contributed by atoms with Crippen LogP contribution in [0.4, 0.5) is 5.69 Å². The minimum atomic E-state index is -0.783. The molecule has 3 aromatic rings. The summed E-state index contributed by atoms with van der Waals surface area (Å²) in [6, 6.07) is 22.0. The molecule has 164 valence electrons. The molecular formula is C24H18N4O5. The zero-order chi connectivity index (χ0) is 23.6. The Labute approximate surface area is 188 Å². The summed E-state index contributed by atoms with van der Waals surface area (Å²) >= 11 is 0. The number of rotatable bonds is 8. The molecule has 0 aliphatic carbocycles. The van der Waals surface area contributed by atoms with E-state index in [0.29, 0.717) is 16.7 Å². The zero-order valence-electron chi connectivity index (χ0n) is 17.2. The summed E-state index contributed by atoms with van der Waals surface area (Å²) in [5.41, 5.74) is 3.08. The molecule has 33 heavy (non-hydrogen) atoms. The first-order valence-corrected chi connectivity index (χ1v) is 9.69. The van der Waals surface area contributed by atoms with Crippen molar-refractivity contribution >= 4 is 35.6 Å². The number of non-ortho nitro benzene ring substituents is 1. The van der Waals surface area contributed by atoms with Gasteiger partial charge in [0.2, 0.25) is 5.78 Å². The van der Waals surface area contributed by atoms with Gasteiger partial charge in [0.1, 0.15) is 5.70 Å². The summed E-state index contributed by atoms with van der Waals surface area (Å²) in [5, 5.41) is 17.0. The van der Waals surface area contributed by atoms with Crippen molar-refractivity contribution in [2.24, 2.45) is 5.10 Å². The molecule has 3 rings (SSSR count). The second-order valence-electron chi connectivity index (χ2n) is 6.66. The number of Topliss-reactive ketones (excluding diaryl/α,β-unsaturated/α-hetero) is 1. The fourth-order valence-electron chi connectivity index (χ4n) is 2.69. The van der Waals surface area contributed by atoms with E-state index in [-0.39, 0.29) is 11.4 Å². The summed E-state index contributed by atoms with van der Waals surface area (Å²) in [6.07, 6.45) is 2.30. The van der Waals surface area contributed by atoms with Gasteiger partial charge in [0.15, 0.2) is 0 Å². The fraction of sp³-hybridized carbons (Fsp3) is 0. The Morgan fingerprint density at radius 3 is 1.97 bits per heavy atom. The number of hydrogen-bond donors (Lipinski definition) is 2. The Balaban J connectivity index is 1.80. The molecule has 9 heteroatoms. The molecule has 0 aliphatic rings. The van der Waals surface area contributed by atoms with E-state index in [1.807, 2.05) is 0 Å². The van der Waals surface area contributed by atoms with E-state index >= 15 is 0 Å². The molecule has 3 aromatic carbocycles. The summed E-state index contributed by atoms with van der Waals surface area (Å²) in [7, 11) is 0. The van der Waals surface area contributed by atoms with Crippen molar-refractivity contribution in [3.8, 4) is 0 Å². The van der Waals surface area contributed by atoms with Crippen LogP contribution in [0.5, 0.6) is 0 Å². The maximum atomic E-state index is 12.7. The second-order valence-corrected chi connectivity index (χ2v) is 6.66. The van der Waals surface area contributed by atoms with Gasteiger partial charge >= 0.3 is 0 Å². The Morgan fingerprint density at radius 2 is 1.39 bits per heavy atom. The van der Waals surface area contributed by atoms with Gasteiger partial charge in [-0.2, -0.15) is 5.10 Å².